The summed E-state index contributed by atoms with van der Waals surface area (Å²) in [5, 5.41) is 3.00. The standard InChI is InChI=1S/C18H24ClNO5/c1-5-24-16(22)14(20-17(23)25-18(2,3)4)10-11-15(21)12-6-8-13(19)9-7-12/h6-9,14H,5,10-11H2,1-4H3,(H,20,23)/t14-/m0/s1. The lowest BCUT2D eigenvalue weighted by atomic mass is 10.0. The van der Waals surface area contributed by atoms with Crippen LogP contribution in [-0.2, 0) is 14.3 Å². The van der Waals surface area contributed by atoms with Gasteiger partial charge in [0.25, 0.3) is 0 Å². The van der Waals surface area contributed by atoms with E-state index in [1.807, 2.05) is 0 Å². The molecule has 0 spiro atoms. The quantitative estimate of drug-likeness (QED) is 0.584. The molecule has 7 heteroatoms. The molecule has 0 aliphatic carbocycles. The molecule has 6 nitrogen and oxygen atoms in total. The monoisotopic (exact) mass is 369 g/mol. The maximum absolute atomic E-state index is 12.2. The van der Waals surface area contributed by atoms with Gasteiger partial charge >= 0.3 is 12.1 Å². The minimum absolute atomic E-state index is 0.0703. The van der Waals surface area contributed by atoms with Gasteiger partial charge in [-0.15, -0.1) is 0 Å². The van der Waals surface area contributed by atoms with Gasteiger partial charge in [-0.1, -0.05) is 11.6 Å². The van der Waals surface area contributed by atoms with E-state index in [2.05, 4.69) is 5.32 Å². The van der Waals surface area contributed by atoms with Gasteiger partial charge in [-0.25, -0.2) is 9.59 Å². The number of esters is 1. The third kappa shape index (κ3) is 8.03. The van der Waals surface area contributed by atoms with Gasteiger partial charge in [-0.2, -0.15) is 0 Å². The number of hydrogen-bond acceptors (Lipinski definition) is 5. The predicted molar refractivity (Wildman–Crippen MR) is 94.8 cm³/mol. The first-order valence-electron chi connectivity index (χ1n) is 8.07. The van der Waals surface area contributed by atoms with Crippen LogP contribution < -0.4 is 5.32 Å². The number of rotatable bonds is 7. The first kappa shape index (κ1) is 21.0. The van der Waals surface area contributed by atoms with Crippen LogP contribution in [-0.4, -0.2) is 36.1 Å². The number of ether oxygens (including phenoxy) is 2. The van der Waals surface area contributed by atoms with Crippen molar-refractivity contribution >= 4 is 29.4 Å². The Kier molecular flexibility index (Phi) is 7.90. The molecule has 1 amide bonds. The molecule has 0 aliphatic heterocycles. The maximum Gasteiger partial charge on any atom is 0.408 e. The molecule has 1 rings (SSSR count). The zero-order valence-corrected chi connectivity index (χ0v) is 15.7. The molecule has 0 radical (unpaired) electrons. The molecule has 0 unspecified atom stereocenters. The number of benzene rings is 1. The molecule has 0 heterocycles. The molecule has 0 aliphatic rings. The molecular formula is C18H24ClNO5. The largest absolute Gasteiger partial charge is 0.464 e. The number of hydrogen-bond donors (Lipinski definition) is 1. The maximum atomic E-state index is 12.2. The Morgan fingerprint density at radius 1 is 1.16 bits per heavy atom. The molecule has 0 bridgehead atoms. The smallest absolute Gasteiger partial charge is 0.408 e. The van der Waals surface area contributed by atoms with E-state index in [-0.39, 0.29) is 25.2 Å². The van der Waals surface area contributed by atoms with Crippen LogP contribution in [0.2, 0.25) is 5.02 Å². The minimum atomic E-state index is -0.953. The summed E-state index contributed by atoms with van der Waals surface area (Å²) in [6, 6.07) is 5.52. The lowest BCUT2D eigenvalue weighted by Gasteiger charge is -2.22. The third-order valence-electron chi connectivity index (χ3n) is 3.09. The van der Waals surface area contributed by atoms with Gasteiger partial charge < -0.3 is 14.8 Å². The van der Waals surface area contributed by atoms with Gasteiger partial charge in [0.05, 0.1) is 6.61 Å². The van der Waals surface area contributed by atoms with Crippen molar-refractivity contribution in [1.82, 2.24) is 5.32 Å². The fourth-order valence-corrected chi connectivity index (χ4v) is 2.12. The average molecular weight is 370 g/mol. The van der Waals surface area contributed by atoms with Gasteiger partial charge in [-0.3, -0.25) is 4.79 Å². The number of amides is 1. The van der Waals surface area contributed by atoms with Crippen molar-refractivity contribution in [3.8, 4) is 0 Å². The zero-order valence-electron chi connectivity index (χ0n) is 14.9. The first-order chi connectivity index (χ1) is 11.6. The second kappa shape index (κ2) is 9.42. The molecule has 25 heavy (non-hydrogen) atoms. The Morgan fingerprint density at radius 3 is 2.28 bits per heavy atom. The molecule has 1 N–H and O–H groups in total. The molecule has 1 aromatic rings. The first-order valence-corrected chi connectivity index (χ1v) is 8.45. The fourth-order valence-electron chi connectivity index (χ4n) is 2.00. The molecule has 1 atom stereocenters. The number of alkyl carbamates (subject to hydrolysis) is 1. The van der Waals surface area contributed by atoms with Gasteiger partial charge in [0.1, 0.15) is 11.6 Å². The average Bonchev–Trinajstić information content (AvgIpc) is 2.50. The van der Waals surface area contributed by atoms with Crippen LogP contribution in [0, 0.1) is 0 Å². The van der Waals surface area contributed by atoms with Gasteiger partial charge in [0.15, 0.2) is 5.78 Å². The van der Waals surface area contributed by atoms with Gasteiger partial charge in [-0.05, 0) is 58.4 Å². The summed E-state index contributed by atoms with van der Waals surface area (Å²) in [4.78, 5) is 36.1. The molecule has 0 fully saturated rings. The number of nitrogens with one attached hydrogen (secondary N) is 1. The second-order valence-electron chi connectivity index (χ2n) is 6.42. The van der Waals surface area contributed by atoms with Crippen LogP contribution in [0.4, 0.5) is 4.79 Å². The van der Waals surface area contributed by atoms with Crippen molar-refractivity contribution < 1.29 is 23.9 Å². The number of halogens is 1. The second-order valence-corrected chi connectivity index (χ2v) is 6.86. The van der Waals surface area contributed by atoms with E-state index >= 15 is 0 Å². The molecular weight excluding hydrogens is 346 g/mol. The highest BCUT2D eigenvalue weighted by molar-refractivity contribution is 6.30. The Balaban J connectivity index is 2.70. The Morgan fingerprint density at radius 2 is 1.76 bits per heavy atom. The topological polar surface area (TPSA) is 81.7 Å². The highest BCUT2D eigenvalue weighted by Gasteiger charge is 2.26. The lowest BCUT2D eigenvalue weighted by Crippen LogP contribution is -2.44. The van der Waals surface area contributed by atoms with E-state index in [4.69, 9.17) is 21.1 Å². The number of Topliss-reactive ketones (excluding diaryl/α,β-unsaturated/α-hetero) is 1. The van der Waals surface area contributed by atoms with E-state index < -0.39 is 23.7 Å². The summed E-state index contributed by atoms with van der Waals surface area (Å²) >= 11 is 5.80. The summed E-state index contributed by atoms with van der Waals surface area (Å²) < 4.78 is 10.1. The molecule has 0 saturated heterocycles. The number of ketones is 1. The summed E-state index contributed by atoms with van der Waals surface area (Å²) in [7, 11) is 0. The van der Waals surface area contributed by atoms with Crippen LogP contribution >= 0.6 is 11.6 Å². The molecule has 0 aromatic heterocycles. The van der Waals surface area contributed by atoms with Crippen LogP contribution in [0.15, 0.2) is 24.3 Å². The van der Waals surface area contributed by atoms with E-state index in [9.17, 15) is 14.4 Å². The van der Waals surface area contributed by atoms with Crippen molar-refractivity contribution in [3.63, 3.8) is 0 Å². The Labute approximate surface area is 152 Å². The van der Waals surface area contributed by atoms with E-state index in [1.54, 1.807) is 52.0 Å². The third-order valence-corrected chi connectivity index (χ3v) is 3.34. The van der Waals surface area contributed by atoms with E-state index in [1.165, 1.54) is 0 Å². The fraction of sp³-hybridized carbons (Fsp3) is 0.500. The predicted octanol–water partition coefficient (Wildman–Crippen LogP) is 3.76. The summed E-state index contributed by atoms with van der Waals surface area (Å²) in [5.41, 5.74) is -0.202. The molecule has 138 valence electrons. The number of carbonyl (C=O) groups is 3. The van der Waals surface area contributed by atoms with Crippen LogP contribution in [0.3, 0.4) is 0 Å². The summed E-state index contributed by atoms with van der Waals surface area (Å²) in [6.07, 6.45) is -0.551. The van der Waals surface area contributed by atoms with Crippen LogP contribution in [0.25, 0.3) is 0 Å². The summed E-state index contributed by atoms with van der Waals surface area (Å²) in [6.45, 7) is 7.00. The van der Waals surface area contributed by atoms with Crippen molar-refractivity contribution in [2.24, 2.45) is 0 Å². The number of carbonyl (C=O) groups excluding carboxylic acids is 3. The zero-order chi connectivity index (χ0) is 19.0. The van der Waals surface area contributed by atoms with Crippen molar-refractivity contribution in [3.05, 3.63) is 34.9 Å². The molecule has 1 aromatic carbocycles. The Bertz CT molecular complexity index is 607. The highest BCUT2D eigenvalue weighted by atomic mass is 35.5. The lowest BCUT2D eigenvalue weighted by molar-refractivity contribution is -0.145. The summed E-state index contributed by atoms with van der Waals surface area (Å²) in [5.74, 6) is -0.755. The highest BCUT2D eigenvalue weighted by Crippen LogP contribution is 2.13. The van der Waals surface area contributed by atoms with Gasteiger partial charge in [0, 0.05) is 17.0 Å². The SMILES string of the molecule is CCOC(=O)[C@H](CCC(=O)c1ccc(Cl)cc1)NC(=O)OC(C)(C)C. The Hall–Kier alpha value is -2.08. The van der Waals surface area contributed by atoms with E-state index in [0.717, 1.165) is 0 Å². The minimum Gasteiger partial charge on any atom is -0.464 e. The molecule has 0 saturated carbocycles. The van der Waals surface area contributed by atoms with Crippen molar-refractivity contribution in [1.29, 1.82) is 0 Å². The van der Waals surface area contributed by atoms with Gasteiger partial charge in [0.2, 0.25) is 0 Å². The van der Waals surface area contributed by atoms with Crippen LogP contribution in [0.5, 0.6) is 0 Å². The van der Waals surface area contributed by atoms with Crippen molar-refractivity contribution in [2.75, 3.05) is 6.61 Å². The normalized spacial score (nSPS) is 12.2. The van der Waals surface area contributed by atoms with Crippen molar-refractivity contribution in [2.45, 2.75) is 52.2 Å². The van der Waals surface area contributed by atoms with Crippen LogP contribution in [0.1, 0.15) is 50.9 Å². The van der Waals surface area contributed by atoms with E-state index in [0.29, 0.717) is 10.6 Å².